The van der Waals surface area contributed by atoms with Crippen LogP contribution in [0.25, 0.3) is 0 Å². The zero-order valence-electron chi connectivity index (χ0n) is 13.0. The lowest BCUT2D eigenvalue weighted by atomic mass is 9.93. The average Bonchev–Trinajstić information content (AvgIpc) is 2.42. The fourth-order valence-electron chi connectivity index (χ4n) is 2.28. The summed E-state index contributed by atoms with van der Waals surface area (Å²) in [4.78, 5) is 0. The molecule has 110 valence electrons. The van der Waals surface area contributed by atoms with Gasteiger partial charge >= 0.3 is 0 Å². The fraction of sp³-hybridized carbons (Fsp3) is 1.00. The van der Waals surface area contributed by atoms with E-state index in [1.54, 1.807) is 0 Å². The topological polar surface area (TPSA) is 29.5 Å². The summed E-state index contributed by atoms with van der Waals surface area (Å²) >= 11 is 0. The molecule has 0 aliphatic heterocycles. The third kappa shape index (κ3) is 6.75. The highest BCUT2D eigenvalue weighted by atomic mass is 16.5. The molecule has 2 unspecified atom stereocenters. The van der Waals surface area contributed by atoms with Crippen molar-refractivity contribution in [1.82, 2.24) is 0 Å². The molecule has 2 heteroatoms. The van der Waals surface area contributed by atoms with Gasteiger partial charge in [0.25, 0.3) is 0 Å². The van der Waals surface area contributed by atoms with Crippen LogP contribution >= 0.6 is 0 Å². The van der Waals surface area contributed by atoms with Gasteiger partial charge in [0.1, 0.15) is 0 Å². The second-order valence-corrected chi connectivity index (χ2v) is 5.53. The van der Waals surface area contributed by atoms with Crippen molar-refractivity contribution in [3.05, 3.63) is 0 Å². The summed E-state index contributed by atoms with van der Waals surface area (Å²) in [5, 5.41) is 9.64. The third-order valence-corrected chi connectivity index (χ3v) is 4.09. The summed E-state index contributed by atoms with van der Waals surface area (Å²) < 4.78 is 6.13. The van der Waals surface area contributed by atoms with Crippen molar-refractivity contribution in [2.24, 2.45) is 5.92 Å². The average molecular weight is 258 g/mol. The molecule has 0 radical (unpaired) electrons. The summed E-state index contributed by atoms with van der Waals surface area (Å²) in [5.41, 5.74) is -0.282. The molecule has 0 amide bonds. The molecule has 0 saturated heterocycles. The lowest BCUT2D eigenvalue weighted by Gasteiger charge is -2.33. The predicted octanol–water partition coefficient (Wildman–Crippen LogP) is 4.55. The van der Waals surface area contributed by atoms with Gasteiger partial charge in [-0.3, -0.25) is 0 Å². The Morgan fingerprint density at radius 3 is 2.17 bits per heavy atom. The number of unbranched alkanes of at least 4 members (excludes halogenated alkanes) is 2. The van der Waals surface area contributed by atoms with Crippen LogP contribution in [0.2, 0.25) is 0 Å². The first-order chi connectivity index (χ1) is 8.67. The van der Waals surface area contributed by atoms with Crippen LogP contribution < -0.4 is 0 Å². The molecule has 0 fully saturated rings. The molecular formula is C16H34O2. The first-order valence-electron chi connectivity index (χ1n) is 7.92. The van der Waals surface area contributed by atoms with Gasteiger partial charge in [-0.25, -0.2) is 0 Å². The highest BCUT2D eigenvalue weighted by Gasteiger charge is 2.28. The zero-order chi connectivity index (χ0) is 13.9. The SMILES string of the molecule is CCCCC(CC)COC(CC)(CO)CCCC. The van der Waals surface area contributed by atoms with E-state index in [9.17, 15) is 5.11 Å². The molecule has 1 N–H and O–H groups in total. The lowest BCUT2D eigenvalue weighted by molar-refractivity contribution is -0.101. The molecule has 0 aliphatic carbocycles. The van der Waals surface area contributed by atoms with Crippen LogP contribution in [0.3, 0.4) is 0 Å². The number of hydrogen-bond acceptors (Lipinski definition) is 2. The van der Waals surface area contributed by atoms with E-state index in [2.05, 4.69) is 27.7 Å². The largest absolute Gasteiger partial charge is 0.393 e. The Hall–Kier alpha value is -0.0800. The van der Waals surface area contributed by atoms with E-state index in [1.165, 1.54) is 25.7 Å². The molecule has 0 saturated carbocycles. The van der Waals surface area contributed by atoms with Crippen LogP contribution in [0.4, 0.5) is 0 Å². The van der Waals surface area contributed by atoms with Gasteiger partial charge in [-0.1, -0.05) is 59.8 Å². The van der Waals surface area contributed by atoms with E-state index in [0.29, 0.717) is 5.92 Å². The van der Waals surface area contributed by atoms with Gasteiger partial charge < -0.3 is 9.84 Å². The Balaban J connectivity index is 4.21. The van der Waals surface area contributed by atoms with Crippen molar-refractivity contribution in [3.63, 3.8) is 0 Å². The molecule has 18 heavy (non-hydrogen) atoms. The second-order valence-electron chi connectivity index (χ2n) is 5.53. The van der Waals surface area contributed by atoms with Crippen molar-refractivity contribution in [2.75, 3.05) is 13.2 Å². The van der Waals surface area contributed by atoms with E-state index in [-0.39, 0.29) is 12.2 Å². The summed E-state index contributed by atoms with van der Waals surface area (Å²) in [6.45, 7) is 9.76. The van der Waals surface area contributed by atoms with Crippen molar-refractivity contribution in [2.45, 2.75) is 84.7 Å². The van der Waals surface area contributed by atoms with Gasteiger partial charge in [-0.15, -0.1) is 0 Å². The number of rotatable bonds is 12. The van der Waals surface area contributed by atoms with E-state index in [4.69, 9.17) is 4.74 Å². The molecule has 2 nitrogen and oxygen atoms in total. The zero-order valence-corrected chi connectivity index (χ0v) is 13.0. The van der Waals surface area contributed by atoms with Gasteiger partial charge in [0.05, 0.1) is 18.8 Å². The standard InChI is InChI=1S/C16H34O2/c1-5-9-11-15(7-3)13-18-16(8-4,14-17)12-10-6-2/h15,17H,5-14H2,1-4H3. The van der Waals surface area contributed by atoms with E-state index in [1.807, 2.05) is 0 Å². The molecule has 0 rings (SSSR count). The maximum absolute atomic E-state index is 9.64. The normalized spacial score (nSPS) is 16.5. The molecule has 0 aromatic carbocycles. The maximum Gasteiger partial charge on any atom is 0.0909 e. The molecular weight excluding hydrogens is 224 g/mol. The molecule has 2 atom stereocenters. The van der Waals surface area contributed by atoms with Crippen LogP contribution in [0.15, 0.2) is 0 Å². The number of aliphatic hydroxyl groups is 1. The van der Waals surface area contributed by atoms with Gasteiger partial charge in [0, 0.05) is 0 Å². The summed E-state index contributed by atoms with van der Waals surface area (Å²) in [7, 11) is 0. The van der Waals surface area contributed by atoms with Crippen molar-refractivity contribution >= 4 is 0 Å². The maximum atomic E-state index is 9.64. The monoisotopic (exact) mass is 258 g/mol. The van der Waals surface area contributed by atoms with Gasteiger partial charge in [0.15, 0.2) is 0 Å². The Kier molecular flexibility index (Phi) is 10.8. The van der Waals surface area contributed by atoms with Crippen LogP contribution in [-0.4, -0.2) is 23.9 Å². The van der Waals surface area contributed by atoms with Crippen LogP contribution in [0, 0.1) is 5.92 Å². The summed E-state index contributed by atoms with van der Waals surface area (Å²) in [6, 6.07) is 0. The molecule has 0 heterocycles. The molecule has 0 bridgehead atoms. The Morgan fingerprint density at radius 1 is 1.06 bits per heavy atom. The van der Waals surface area contributed by atoms with Gasteiger partial charge in [-0.05, 0) is 25.2 Å². The number of hydrogen-bond donors (Lipinski definition) is 1. The smallest absolute Gasteiger partial charge is 0.0909 e. The van der Waals surface area contributed by atoms with E-state index in [0.717, 1.165) is 32.3 Å². The predicted molar refractivity (Wildman–Crippen MR) is 78.9 cm³/mol. The first-order valence-corrected chi connectivity index (χ1v) is 7.92. The van der Waals surface area contributed by atoms with Gasteiger partial charge in [-0.2, -0.15) is 0 Å². The first kappa shape index (κ1) is 17.9. The van der Waals surface area contributed by atoms with Gasteiger partial charge in [0.2, 0.25) is 0 Å². The second kappa shape index (κ2) is 10.8. The minimum absolute atomic E-state index is 0.160. The molecule has 0 aliphatic rings. The quantitative estimate of drug-likeness (QED) is 0.556. The Morgan fingerprint density at radius 2 is 1.72 bits per heavy atom. The minimum atomic E-state index is -0.282. The Bertz CT molecular complexity index is 176. The summed E-state index contributed by atoms with van der Waals surface area (Å²) in [6.07, 6.45) is 9.18. The van der Waals surface area contributed by atoms with Crippen LogP contribution in [-0.2, 0) is 4.74 Å². The number of ether oxygens (including phenoxy) is 1. The minimum Gasteiger partial charge on any atom is -0.393 e. The van der Waals surface area contributed by atoms with Crippen molar-refractivity contribution in [3.8, 4) is 0 Å². The van der Waals surface area contributed by atoms with Crippen LogP contribution in [0.5, 0.6) is 0 Å². The molecule has 0 aromatic rings. The molecule has 0 spiro atoms. The summed E-state index contributed by atoms with van der Waals surface area (Å²) in [5.74, 6) is 0.657. The highest BCUT2D eigenvalue weighted by Crippen LogP contribution is 2.25. The fourth-order valence-corrected chi connectivity index (χ4v) is 2.28. The number of aliphatic hydroxyl groups excluding tert-OH is 1. The van der Waals surface area contributed by atoms with E-state index < -0.39 is 0 Å². The van der Waals surface area contributed by atoms with Crippen molar-refractivity contribution in [1.29, 1.82) is 0 Å². The Labute approximate surface area is 114 Å². The lowest BCUT2D eigenvalue weighted by Crippen LogP contribution is -2.37. The van der Waals surface area contributed by atoms with E-state index >= 15 is 0 Å². The van der Waals surface area contributed by atoms with Crippen molar-refractivity contribution < 1.29 is 9.84 Å². The third-order valence-electron chi connectivity index (χ3n) is 4.09. The van der Waals surface area contributed by atoms with Crippen LogP contribution in [0.1, 0.15) is 79.1 Å². The molecule has 0 aromatic heterocycles. The highest BCUT2D eigenvalue weighted by molar-refractivity contribution is 4.79.